The number of nitrogens with one attached hydrogen (secondary N) is 1. The average Bonchev–Trinajstić information content (AvgIpc) is 2.87. The van der Waals surface area contributed by atoms with Crippen molar-refractivity contribution in [2.45, 2.75) is 13.1 Å². The van der Waals surface area contributed by atoms with E-state index in [1.54, 1.807) is 34.5 Å². The largest absolute Gasteiger partial charge is 0.493 e. The number of hydrogen-bond acceptors (Lipinski definition) is 7. The lowest BCUT2D eigenvalue weighted by Crippen LogP contribution is -2.14. The van der Waals surface area contributed by atoms with Crippen molar-refractivity contribution >= 4 is 11.6 Å². The molecule has 3 rings (SSSR count). The van der Waals surface area contributed by atoms with Crippen molar-refractivity contribution in [1.29, 1.82) is 0 Å². The Morgan fingerprint density at radius 1 is 0.676 bits per heavy atom. The van der Waals surface area contributed by atoms with Crippen LogP contribution in [-0.2, 0) is 13.1 Å². The third-order valence-electron chi connectivity index (χ3n) is 5.06. The van der Waals surface area contributed by atoms with Crippen LogP contribution in [0.3, 0.4) is 0 Å². The van der Waals surface area contributed by atoms with E-state index in [-0.39, 0.29) is 0 Å². The van der Waals surface area contributed by atoms with Crippen molar-refractivity contribution in [2.75, 3.05) is 41.7 Å². The molecule has 0 radical (unpaired) electrons. The summed E-state index contributed by atoms with van der Waals surface area (Å²) in [5, 5.41) is 3.99. The minimum Gasteiger partial charge on any atom is -0.493 e. The second kappa shape index (κ2) is 12.8. The van der Waals surface area contributed by atoms with Gasteiger partial charge in [0.15, 0.2) is 23.0 Å². The van der Waals surface area contributed by atoms with E-state index in [1.165, 1.54) is 0 Å². The van der Waals surface area contributed by atoms with Gasteiger partial charge in [-0.1, -0.05) is 29.8 Å². The zero-order chi connectivity index (χ0) is 24.3. The Balaban J connectivity index is 1.62. The number of ether oxygens (including phenoxy) is 6. The first-order chi connectivity index (χ1) is 16.6. The van der Waals surface area contributed by atoms with Crippen LogP contribution in [0, 0.1) is 0 Å². The third kappa shape index (κ3) is 6.62. The molecule has 1 N–H and O–H groups in total. The van der Waals surface area contributed by atoms with Gasteiger partial charge in [0.25, 0.3) is 0 Å². The van der Waals surface area contributed by atoms with Crippen LogP contribution >= 0.6 is 11.6 Å². The van der Waals surface area contributed by atoms with Crippen LogP contribution in [0.2, 0.25) is 5.02 Å². The van der Waals surface area contributed by atoms with Gasteiger partial charge in [-0.3, -0.25) is 0 Å². The van der Waals surface area contributed by atoms with Gasteiger partial charge in [0.1, 0.15) is 19.0 Å². The van der Waals surface area contributed by atoms with Crippen molar-refractivity contribution < 1.29 is 28.4 Å². The Bertz CT molecular complexity index is 1040. The zero-order valence-electron chi connectivity index (χ0n) is 19.9. The van der Waals surface area contributed by atoms with Gasteiger partial charge in [-0.05, 0) is 41.5 Å². The van der Waals surface area contributed by atoms with Crippen LogP contribution in [0.1, 0.15) is 11.1 Å². The van der Waals surface area contributed by atoms with E-state index in [9.17, 15) is 0 Å². The molecule has 0 saturated carbocycles. The number of hydrogen-bond donors (Lipinski definition) is 1. The molecule has 0 heterocycles. The van der Waals surface area contributed by atoms with E-state index >= 15 is 0 Å². The first kappa shape index (κ1) is 25.3. The predicted molar refractivity (Wildman–Crippen MR) is 132 cm³/mol. The maximum absolute atomic E-state index is 6.39. The Morgan fingerprint density at radius 2 is 1.26 bits per heavy atom. The van der Waals surface area contributed by atoms with Crippen molar-refractivity contribution in [3.63, 3.8) is 0 Å². The molecule has 34 heavy (non-hydrogen) atoms. The van der Waals surface area contributed by atoms with Crippen molar-refractivity contribution in [3.8, 4) is 34.5 Å². The monoisotopic (exact) mass is 487 g/mol. The molecule has 0 amide bonds. The molecule has 3 aromatic rings. The molecule has 0 spiro atoms. The van der Waals surface area contributed by atoms with Crippen LogP contribution in [-0.4, -0.2) is 41.7 Å². The predicted octanol–water partition coefficient (Wildman–Crippen LogP) is 5.12. The van der Waals surface area contributed by atoms with E-state index in [2.05, 4.69) is 5.32 Å². The number of rotatable bonds is 13. The first-order valence-electron chi connectivity index (χ1n) is 10.8. The van der Waals surface area contributed by atoms with Gasteiger partial charge in [-0.2, -0.15) is 0 Å². The minimum absolute atomic E-state index is 0.344. The quantitative estimate of drug-likeness (QED) is 0.335. The first-order valence-corrected chi connectivity index (χ1v) is 11.1. The molecule has 7 nitrogen and oxygen atoms in total. The summed E-state index contributed by atoms with van der Waals surface area (Å²) in [5.41, 5.74) is 1.87. The number of methoxy groups -OCH3 is 4. The fourth-order valence-corrected chi connectivity index (χ4v) is 3.59. The standard InChI is InChI=1S/C26H30ClNO6/c1-29-22-14-19(21(27)15-23(22)30-2)17-28-16-18-12-24(31-3)26(25(13-18)32-4)34-11-10-33-20-8-6-5-7-9-20/h5-9,12-15,28H,10-11,16-17H2,1-4H3. The molecular weight excluding hydrogens is 458 g/mol. The molecular formula is C26H30ClNO6. The van der Waals surface area contributed by atoms with Gasteiger partial charge in [-0.15, -0.1) is 0 Å². The molecule has 0 aliphatic carbocycles. The molecule has 0 saturated heterocycles. The summed E-state index contributed by atoms with van der Waals surface area (Å²) in [6.45, 7) is 1.84. The summed E-state index contributed by atoms with van der Waals surface area (Å²) >= 11 is 6.39. The Morgan fingerprint density at radius 3 is 1.88 bits per heavy atom. The molecule has 0 atom stereocenters. The van der Waals surface area contributed by atoms with Crippen molar-refractivity contribution in [3.05, 3.63) is 70.7 Å². The maximum Gasteiger partial charge on any atom is 0.203 e. The van der Waals surface area contributed by atoms with Crippen LogP contribution in [0.4, 0.5) is 0 Å². The van der Waals surface area contributed by atoms with Crippen LogP contribution in [0.5, 0.6) is 34.5 Å². The van der Waals surface area contributed by atoms with Gasteiger partial charge in [0, 0.05) is 24.2 Å². The molecule has 0 unspecified atom stereocenters. The second-order valence-corrected chi connectivity index (χ2v) is 7.65. The SMILES string of the molecule is COc1cc(Cl)c(CNCc2cc(OC)c(OCCOc3ccccc3)c(OC)c2)cc1OC. The van der Waals surface area contributed by atoms with E-state index < -0.39 is 0 Å². The van der Waals surface area contributed by atoms with E-state index in [0.29, 0.717) is 60.1 Å². The average molecular weight is 488 g/mol. The number of halogens is 1. The normalized spacial score (nSPS) is 10.5. The summed E-state index contributed by atoms with van der Waals surface area (Å²) in [4.78, 5) is 0. The molecule has 0 aromatic heterocycles. The summed E-state index contributed by atoms with van der Waals surface area (Å²) in [6, 6.07) is 17.0. The fourth-order valence-electron chi connectivity index (χ4n) is 3.37. The minimum atomic E-state index is 0.344. The van der Waals surface area contributed by atoms with Crippen LogP contribution in [0.15, 0.2) is 54.6 Å². The van der Waals surface area contributed by atoms with Crippen LogP contribution < -0.4 is 33.7 Å². The highest BCUT2D eigenvalue weighted by Crippen LogP contribution is 2.39. The van der Waals surface area contributed by atoms with E-state index in [0.717, 1.165) is 16.9 Å². The van der Waals surface area contributed by atoms with Crippen molar-refractivity contribution in [1.82, 2.24) is 5.32 Å². The highest BCUT2D eigenvalue weighted by atomic mass is 35.5. The molecule has 0 aliphatic heterocycles. The summed E-state index contributed by atoms with van der Waals surface area (Å²) in [7, 11) is 6.38. The number of benzene rings is 3. The lowest BCUT2D eigenvalue weighted by molar-refractivity contribution is 0.205. The summed E-state index contributed by atoms with van der Waals surface area (Å²) in [6.07, 6.45) is 0. The smallest absolute Gasteiger partial charge is 0.203 e. The molecule has 3 aromatic carbocycles. The highest BCUT2D eigenvalue weighted by molar-refractivity contribution is 6.31. The summed E-state index contributed by atoms with van der Waals surface area (Å²) < 4.78 is 33.4. The second-order valence-electron chi connectivity index (χ2n) is 7.24. The zero-order valence-corrected chi connectivity index (χ0v) is 20.6. The van der Waals surface area contributed by atoms with Gasteiger partial charge < -0.3 is 33.7 Å². The van der Waals surface area contributed by atoms with Crippen molar-refractivity contribution in [2.24, 2.45) is 0 Å². The topological polar surface area (TPSA) is 67.4 Å². The van der Waals surface area contributed by atoms with Gasteiger partial charge in [-0.25, -0.2) is 0 Å². The maximum atomic E-state index is 6.39. The Hall–Kier alpha value is -3.29. The molecule has 0 aliphatic rings. The molecule has 0 fully saturated rings. The van der Waals surface area contributed by atoms with Gasteiger partial charge in [0.05, 0.1) is 28.4 Å². The fraction of sp³-hybridized carbons (Fsp3) is 0.308. The number of para-hydroxylation sites is 1. The third-order valence-corrected chi connectivity index (χ3v) is 5.41. The molecule has 8 heteroatoms. The Kier molecular flexibility index (Phi) is 9.55. The van der Waals surface area contributed by atoms with E-state index in [4.69, 9.17) is 40.0 Å². The molecule has 182 valence electrons. The van der Waals surface area contributed by atoms with Gasteiger partial charge >= 0.3 is 0 Å². The molecule has 0 bridgehead atoms. The van der Waals surface area contributed by atoms with E-state index in [1.807, 2.05) is 48.5 Å². The lowest BCUT2D eigenvalue weighted by atomic mass is 10.1. The lowest BCUT2D eigenvalue weighted by Gasteiger charge is -2.17. The Labute approximate surface area is 205 Å². The summed E-state index contributed by atoms with van der Waals surface area (Å²) in [5.74, 6) is 3.72. The highest BCUT2D eigenvalue weighted by Gasteiger charge is 2.15. The van der Waals surface area contributed by atoms with Gasteiger partial charge in [0.2, 0.25) is 5.75 Å². The van der Waals surface area contributed by atoms with Crippen LogP contribution in [0.25, 0.3) is 0 Å².